The van der Waals surface area contributed by atoms with Crippen molar-refractivity contribution in [2.45, 2.75) is 45.2 Å². The van der Waals surface area contributed by atoms with Crippen LogP contribution in [0.3, 0.4) is 0 Å². The summed E-state index contributed by atoms with van der Waals surface area (Å²) in [7, 11) is 0. The first kappa shape index (κ1) is 12.5. The van der Waals surface area contributed by atoms with E-state index in [9.17, 15) is 0 Å². The van der Waals surface area contributed by atoms with Gasteiger partial charge in [-0.15, -0.1) is 0 Å². The minimum atomic E-state index is 0.362. The van der Waals surface area contributed by atoms with Gasteiger partial charge in [0.15, 0.2) is 5.96 Å². The summed E-state index contributed by atoms with van der Waals surface area (Å²) in [5.74, 6) is 1.44. The van der Waals surface area contributed by atoms with Gasteiger partial charge in [-0.3, -0.25) is 4.99 Å². The maximum Gasteiger partial charge on any atom is 0.192 e. The molecule has 3 heteroatoms. The van der Waals surface area contributed by atoms with Crippen LogP contribution < -0.4 is 5.73 Å². The van der Waals surface area contributed by atoms with Crippen molar-refractivity contribution in [2.24, 2.45) is 16.6 Å². The van der Waals surface area contributed by atoms with E-state index in [1.165, 1.54) is 24.0 Å². The van der Waals surface area contributed by atoms with Crippen LogP contribution in [0.4, 0.5) is 0 Å². The van der Waals surface area contributed by atoms with Gasteiger partial charge in [-0.1, -0.05) is 38.1 Å². The minimum absolute atomic E-state index is 0.362. The first-order valence-corrected chi connectivity index (χ1v) is 7.32. The summed E-state index contributed by atoms with van der Waals surface area (Å²) in [6.07, 6.45) is 3.67. The molecule has 2 aliphatic rings. The summed E-state index contributed by atoms with van der Waals surface area (Å²) in [6, 6.07) is 10.0. The highest BCUT2D eigenvalue weighted by molar-refractivity contribution is 5.81. The molecule has 19 heavy (non-hydrogen) atoms. The molecule has 0 spiro atoms. The fraction of sp³-hybridized carbons (Fsp3) is 0.562. The van der Waals surface area contributed by atoms with E-state index in [4.69, 9.17) is 5.73 Å². The third-order valence-electron chi connectivity index (χ3n) is 3.98. The average molecular weight is 257 g/mol. The van der Waals surface area contributed by atoms with Gasteiger partial charge in [0.25, 0.3) is 0 Å². The topological polar surface area (TPSA) is 41.6 Å². The molecule has 0 radical (unpaired) electrons. The smallest absolute Gasteiger partial charge is 0.192 e. The van der Waals surface area contributed by atoms with E-state index in [-0.39, 0.29) is 0 Å². The first-order valence-electron chi connectivity index (χ1n) is 7.32. The Hall–Kier alpha value is -1.51. The lowest BCUT2D eigenvalue weighted by atomic mass is 9.99. The second-order valence-corrected chi connectivity index (χ2v) is 6.19. The maximum atomic E-state index is 6.02. The van der Waals surface area contributed by atoms with Crippen LogP contribution in [-0.2, 0) is 6.42 Å². The molecule has 3 rings (SSSR count). The third kappa shape index (κ3) is 2.60. The van der Waals surface area contributed by atoms with Crippen LogP contribution in [0.5, 0.6) is 0 Å². The van der Waals surface area contributed by atoms with Crippen LogP contribution in [-0.4, -0.2) is 23.4 Å². The Bertz CT molecular complexity index is 471. The molecule has 3 nitrogen and oxygen atoms in total. The number of nitrogens with zero attached hydrogens (tertiary/aromatic N) is 2. The van der Waals surface area contributed by atoms with Crippen LogP contribution in [0.15, 0.2) is 29.3 Å². The number of rotatable bonds is 4. The Morgan fingerprint density at radius 3 is 2.53 bits per heavy atom. The molecule has 102 valence electrons. The van der Waals surface area contributed by atoms with Crippen LogP contribution in [0.1, 0.15) is 43.9 Å². The van der Waals surface area contributed by atoms with Crippen molar-refractivity contribution < 1.29 is 0 Å². The fourth-order valence-corrected chi connectivity index (χ4v) is 2.92. The van der Waals surface area contributed by atoms with E-state index in [1.54, 1.807) is 0 Å². The summed E-state index contributed by atoms with van der Waals surface area (Å²) in [4.78, 5) is 6.74. The quantitative estimate of drug-likeness (QED) is 0.901. The molecule has 0 saturated heterocycles. The number of guanidine groups is 1. The first-order chi connectivity index (χ1) is 9.15. The molecule has 1 fully saturated rings. The van der Waals surface area contributed by atoms with Crippen molar-refractivity contribution in [1.29, 1.82) is 0 Å². The van der Waals surface area contributed by atoms with Crippen molar-refractivity contribution in [2.75, 3.05) is 6.54 Å². The molecule has 1 heterocycles. The number of benzene rings is 1. The SMILES string of the molecule is CC(C)Cc1ccc(C2CN=C(N)N2C2CC2)cc1. The van der Waals surface area contributed by atoms with E-state index in [0.717, 1.165) is 18.9 Å². The number of nitrogens with two attached hydrogens (primary N) is 1. The number of aliphatic imine (C=N–C) groups is 1. The Balaban J connectivity index is 1.75. The molecule has 1 aliphatic heterocycles. The second kappa shape index (κ2) is 4.87. The zero-order chi connectivity index (χ0) is 13.4. The van der Waals surface area contributed by atoms with Crippen LogP contribution >= 0.6 is 0 Å². The predicted molar refractivity (Wildman–Crippen MR) is 79.1 cm³/mol. The summed E-state index contributed by atoms with van der Waals surface area (Å²) >= 11 is 0. The molecule has 0 aromatic heterocycles. The second-order valence-electron chi connectivity index (χ2n) is 6.19. The number of hydrogen-bond acceptors (Lipinski definition) is 3. The minimum Gasteiger partial charge on any atom is -0.370 e. The van der Waals surface area contributed by atoms with Crippen LogP contribution in [0, 0.1) is 5.92 Å². The highest BCUT2D eigenvalue weighted by atomic mass is 15.4. The lowest BCUT2D eigenvalue weighted by Gasteiger charge is -2.26. The van der Waals surface area contributed by atoms with E-state index < -0.39 is 0 Å². The van der Waals surface area contributed by atoms with E-state index in [2.05, 4.69) is 48.0 Å². The third-order valence-corrected chi connectivity index (χ3v) is 3.98. The van der Waals surface area contributed by atoms with Crippen molar-refractivity contribution in [1.82, 2.24) is 4.90 Å². The molecule has 1 atom stereocenters. The highest BCUT2D eigenvalue weighted by Crippen LogP contribution is 2.37. The highest BCUT2D eigenvalue weighted by Gasteiger charge is 2.38. The lowest BCUT2D eigenvalue weighted by Crippen LogP contribution is -2.37. The standard InChI is InChI=1S/C16H23N3/c1-11(2)9-12-3-5-13(6-4-12)15-10-18-16(17)19(15)14-7-8-14/h3-6,11,14-15H,7-10H2,1-2H3,(H2,17,18). The van der Waals surface area contributed by atoms with Gasteiger partial charge in [0, 0.05) is 6.04 Å². The molecule has 1 saturated carbocycles. The van der Waals surface area contributed by atoms with Gasteiger partial charge < -0.3 is 10.6 Å². The van der Waals surface area contributed by atoms with Gasteiger partial charge in [-0.05, 0) is 36.3 Å². The fourth-order valence-electron chi connectivity index (χ4n) is 2.92. The van der Waals surface area contributed by atoms with Crippen LogP contribution in [0.2, 0.25) is 0 Å². The Labute approximate surface area is 115 Å². The van der Waals surface area contributed by atoms with Crippen LogP contribution in [0.25, 0.3) is 0 Å². The van der Waals surface area contributed by atoms with E-state index >= 15 is 0 Å². The lowest BCUT2D eigenvalue weighted by molar-refractivity contribution is 0.338. The Morgan fingerprint density at radius 2 is 1.95 bits per heavy atom. The summed E-state index contributed by atoms with van der Waals surface area (Å²) in [6.45, 7) is 5.33. The van der Waals surface area contributed by atoms with E-state index in [1.807, 2.05) is 0 Å². The van der Waals surface area contributed by atoms with Crippen molar-refractivity contribution in [3.05, 3.63) is 35.4 Å². The van der Waals surface area contributed by atoms with Gasteiger partial charge in [0.1, 0.15) is 0 Å². The molecule has 1 aromatic carbocycles. The van der Waals surface area contributed by atoms with Crippen molar-refractivity contribution in [3.63, 3.8) is 0 Å². The van der Waals surface area contributed by atoms with Crippen molar-refractivity contribution in [3.8, 4) is 0 Å². The normalized spacial score (nSPS) is 23.0. The molecule has 1 aliphatic carbocycles. The van der Waals surface area contributed by atoms with Gasteiger partial charge >= 0.3 is 0 Å². The van der Waals surface area contributed by atoms with Gasteiger partial charge in [-0.25, -0.2) is 0 Å². The van der Waals surface area contributed by atoms with E-state index in [0.29, 0.717) is 18.0 Å². The predicted octanol–water partition coefficient (Wildman–Crippen LogP) is 2.72. The number of hydrogen-bond donors (Lipinski definition) is 1. The Morgan fingerprint density at radius 1 is 1.26 bits per heavy atom. The zero-order valence-electron chi connectivity index (χ0n) is 11.8. The van der Waals surface area contributed by atoms with Gasteiger partial charge in [0.05, 0.1) is 12.6 Å². The molecular formula is C16H23N3. The monoisotopic (exact) mass is 257 g/mol. The summed E-state index contributed by atoms with van der Waals surface area (Å²) < 4.78 is 0. The summed E-state index contributed by atoms with van der Waals surface area (Å²) in [5.41, 5.74) is 8.79. The average Bonchev–Trinajstić information content (AvgIpc) is 3.13. The molecule has 0 bridgehead atoms. The molecule has 0 amide bonds. The van der Waals surface area contributed by atoms with Gasteiger partial charge in [-0.2, -0.15) is 0 Å². The molecule has 1 aromatic rings. The summed E-state index contributed by atoms with van der Waals surface area (Å²) in [5, 5.41) is 0. The van der Waals surface area contributed by atoms with Crippen molar-refractivity contribution >= 4 is 5.96 Å². The molecule has 2 N–H and O–H groups in total. The largest absolute Gasteiger partial charge is 0.370 e. The van der Waals surface area contributed by atoms with Gasteiger partial charge in [0.2, 0.25) is 0 Å². The molecular weight excluding hydrogens is 234 g/mol. The zero-order valence-corrected chi connectivity index (χ0v) is 11.8. The molecule has 1 unspecified atom stereocenters. The Kier molecular flexibility index (Phi) is 3.21. The maximum absolute atomic E-state index is 6.02.